The van der Waals surface area contributed by atoms with E-state index in [0.29, 0.717) is 9.76 Å². The van der Waals surface area contributed by atoms with Gasteiger partial charge in [0.05, 0.1) is 0 Å². The SMILES string of the molecule is CCCO[Si]c1cccc(C)c1C. The maximum absolute atomic E-state index is 5.53. The summed E-state index contributed by atoms with van der Waals surface area (Å²) < 4.78 is 5.53. The van der Waals surface area contributed by atoms with Gasteiger partial charge in [0.1, 0.15) is 0 Å². The monoisotopic (exact) mass is 192 g/mol. The zero-order valence-corrected chi connectivity index (χ0v) is 9.55. The summed E-state index contributed by atoms with van der Waals surface area (Å²) in [5.74, 6) is 0. The Labute approximate surface area is 83.1 Å². The zero-order valence-electron chi connectivity index (χ0n) is 8.55. The Morgan fingerprint density at radius 1 is 1.31 bits per heavy atom. The van der Waals surface area contributed by atoms with Crippen molar-refractivity contribution in [1.82, 2.24) is 0 Å². The summed E-state index contributed by atoms with van der Waals surface area (Å²) in [7, 11) is 0.507. The molecule has 0 aliphatic carbocycles. The largest absolute Gasteiger partial charge is 0.411 e. The maximum Gasteiger partial charge on any atom is 0.268 e. The lowest BCUT2D eigenvalue weighted by Gasteiger charge is -2.06. The van der Waals surface area contributed by atoms with Crippen LogP contribution in [0.5, 0.6) is 0 Å². The molecule has 0 bridgehead atoms. The third kappa shape index (κ3) is 2.97. The molecule has 1 aromatic rings. The second kappa shape index (κ2) is 5.20. The lowest BCUT2D eigenvalue weighted by Crippen LogP contribution is -2.21. The van der Waals surface area contributed by atoms with E-state index < -0.39 is 0 Å². The Morgan fingerprint density at radius 3 is 2.77 bits per heavy atom. The lowest BCUT2D eigenvalue weighted by atomic mass is 10.1. The highest BCUT2D eigenvalue weighted by Gasteiger charge is 2.01. The minimum atomic E-state index is 0.507. The molecule has 0 atom stereocenters. The Morgan fingerprint density at radius 2 is 2.08 bits per heavy atom. The number of hydrogen-bond donors (Lipinski definition) is 0. The molecule has 0 amide bonds. The van der Waals surface area contributed by atoms with Crippen LogP contribution in [-0.4, -0.2) is 16.4 Å². The molecule has 2 radical (unpaired) electrons. The molecule has 0 saturated heterocycles. The van der Waals surface area contributed by atoms with Crippen LogP contribution >= 0.6 is 0 Å². The van der Waals surface area contributed by atoms with Gasteiger partial charge in [-0.2, -0.15) is 0 Å². The fraction of sp³-hybridized carbons (Fsp3) is 0.455. The quantitative estimate of drug-likeness (QED) is 0.523. The molecule has 0 heterocycles. The normalized spacial score (nSPS) is 10.4. The molecule has 13 heavy (non-hydrogen) atoms. The van der Waals surface area contributed by atoms with E-state index in [4.69, 9.17) is 4.43 Å². The van der Waals surface area contributed by atoms with Gasteiger partial charge >= 0.3 is 0 Å². The summed E-state index contributed by atoms with van der Waals surface area (Å²) in [5.41, 5.74) is 2.72. The van der Waals surface area contributed by atoms with Gasteiger partial charge in [-0.3, -0.25) is 0 Å². The summed E-state index contributed by atoms with van der Waals surface area (Å²) in [5, 5.41) is 1.34. The minimum Gasteiger partial charge on any atom is -0.411 e. The summed E-state index contributed by atoms with van der Waals surface area (Å²) >= 11 is 0. The van der Waals surface area contributed by atoms with E-state index in [1.165, 1.54) is 16.3 Å². The van der Waals surface area contributed by atoms with Crippen LogP contribution in [0.2, 0.25) is 0 Å². The van der Waals surface area contributed by atoms with Gasteiger partial charge in [-0.1, -0.05) is 25.1 Å². The first-order chi connectivity index (χ1) is 6.25. The molecule has 0 fully saturated rings. The van der Waals surface area contributed by atoms with Crippen molar-refractivity contribution in [2.45, 2.75) is 27.2 Å². The maximum atomic E-state index is 5.53. The molecule has 2 heteroatoms. The van der Waals surface area contributed by atoms with E-state index in [0.717, 1.165) is 13.0 Å². The van der Waals surface area contributed by atoms with Crippen molar-refractivity contribution in [3.05, 3.63) is 29.3 Å². The van der Waals surface area contributed by atoms with Crippen molar-refractivity contribution in [2.24, 2.45) is 0 Å². The predicted octanol–water partition coefficient (Wildman–Crippen LogP) is 1.97. The molecule has 0 unspecified atom stereocenters. The molecule has 0 aromatic heterocycles. The predicted molar refractivity (Wildman–Crippen MR) is 57.5 cm³/mol. The topological polar surface area (TPSA) is 9.23 Å². The highest BCUT2D eigenvalue weighted by molar-refractivity contribution is 6.47. The van der Waals surface area contributed by atoms with Crippen LogP contribution in [0.15, 0.2) is 18.2 Å². The smallest absolute Gasteiger partial charge is 0.268 e. The van der Waals surface area contributed by atoms with Crippen molar-refractivity contribution >= 4 is 14.9 Å². The third-order valence-corrected chi connectivity index (χ3v) is 3.20. The second-order valence-electron chi connectivity index (χ2n) is 3.20. The van der Waals surface area contributed by atoms with Crippen molar-refractivity contribution in [3.63, 3.8) is 0 Å². The Balaban J connectivity index is 2.61. The highest BCUT2D eigenvalue weighted by atomic mass is 28.2. The minimum absolute atomic E-state index is 0.507. The first kappa shape index (κ1) is 10.5. The summed E-state index contributed by atoms with van der Waals surface area (Å²) in [4.78, 5) is 0. The molecular formula is C11H16OSi. The summed E-state index contributed by atoms with van der Waals surface area (Å²) in [6.07, 6.45) is 1.10. The van der Waals surface area contributed by atoms with E-state index in [1.54, 1.807) is 0 Å². The molecule has 0 aliphatic rings. The van der Waals surface area contributed by atoms with Crippen molar-refractivity contribution < 1.29 is 4.43 Å². The van der Waals surface area contributed by atoms with Crippen LogP contribution in [0.1, 0.15) is 24.5 Å². The number of aryl methyl sites for hydroxylation is 1. The molecule has 70 valence electrons. The first-order valence-electron chi connectivity index (χ1n) is 4.69. The van der Waals surface area contributed by atoms with Gasteiger partial charge < -0.3 is 4.43 Å². The van der Waals surface area contributed by atoms with Gasteiger partial charge in [0, 0.05) is 6.61 Å². The van der Waals surface area contributed by atoms with Crippen molar-refractivity contribution in [1.29, 1.82) is 0 Å². The Kier molecular flexibility index (Phi) is 4.19. The van der Waals surface area contributed by atoms with Gasteiger partial charge in [0.25, 0.3) is 9.76 Å². The number of benzene rings is 1. The van der Waals surface area contributed by atoms with E-state index >= 15 is 0 Å². The van der Waals surface area contributed by atoms with Crippen LogP contribution < -0.4 is 5.19 Å². The Hall–Kier alpha value is -0.603. The summed E-state index contributed by atoms with van der Waals surface area (Å²) in [6.45, 7) is 7.30. The molecule has 0 N–H and O–H groups in total. The summed E-state index contributed by atoms with van der Waals surface area (Å²) in [6, 6.07) is 6.39. The molecule has 1 aromatic carbocycles. The zero-order chi connectivity index (χ0) is 9.68. The number of hydrogen-bond acceptors (Lipinski definition) is 1. The second-order valence-corrected chi connectivity index (χ2v) is 4.23. The molecule has 1 rings (SSSR count). The standard InChI is InChI=1S/C11H16OSi/c1-4-8-12-13-11-7-5-6-9(2)10(11)3/h5-7H,4,8H2,1-3H3. The van der Waals surface area contributed by atoms with Crippen LogP contribution in [-0.2, 0) is 4.43 Å². The van der Waals surface area contributed by atoms with Crippen molar-refractivity contribution in [2.75, 3.05) is 6.61 Å². The van der Waals surface area contributed by atoms with Gasteiger partial charge in [0.2, 0.25) is 0 Å². The van der Waals surface area contributed by atoms with E-state index in [2.05, 4.69) is 39.0 Å². The molecule has 0 aliphatic heterocycles. The molecule has 0 saturated carbocycles. The van der Waals surface area contributed by atoms with E-state index in [9.17, 15) is 0 Å². The van der Waals surface area contributed by atoms with Crippen molar-refractivity contribution in [3.8, 4) is 0 Å². The van der Waals surface area contributed by atoms with E-state index in [-0.39, 0.29) is 0 Å². The van der Waals surface area contributed by atoms with E-state index in [1.807, 2.05) is 0 Å². The fourth-order valence-corrected chi connectivity index (χ4v) is 2.07. The average Bonchev–Trinajstić information content (AvgIpc) is 2.13. The lowest BCUT2D eigenvalue weighted by molar-refractivity contribution is 0.341. The molecular weight excluding hydrogens is 176 g/mol. The fourth-order valence-electron chi connectivity index (χ4n) is 1.09. The number of rotatable bonds is 4. The van der Waals surface area contributed by atoms with Crippen LogP contribution in [0.4, 0.5) is 0 Å². The molecule has 1 nitrogen and oxygen atoms in total. The van der Waals surface area contributed by atoms with Crippen LogP contribution in [0, 0.1) is 13.8 Å². The third-order valence-electron chi connectivity index (χ3n) is 2.09. The van der Waals surface area contributed by atoms with Gasteiger partial charge in [-0.15, -0.1) is 0 Å². The molecule has 0 spiro atoms. The average molecular weight is 192 g/mol. The van der Waals surface area contributed by atoms with Crippen LogP contribution in [0.25, 0.3) is 0 Å². The highest BCUT2D eigenvalue weighted by Crippen LogP contribution is 2.01. The van der Waals surface area contributed by atoms with Crippen LogP contribution in [0.3, 0.4) is 0 Å². The van der Waals surface area contributed by atoms with Gasteiger partial charge in [0.15, 0.2) is 0 Å². The Bertz CT molecular complexity index is 271. The van der Waals surface area contributed by atoms with Gasteiger partial charge in [-0.05, 0) is 36.6 Å². The first-order valence-corrected chi connectivity index (χ1v) is 5.60. The van der Waals surface area contributed by atoms with Gasteiger partial charge in [-0.25, -0.2) is 0 Å².